The number of ether oxygens (including phenoxy) is 3. The fraction of sp³-hybridized carbons (Fsp3) is 0.550. The first-order valence-electron chi connectivity index (χ1n) is 8.89. The van der Waals surface area contributed by atoms with Crippen LogP contribution in [0.4, 0.5) is 0 Å². The number of methoxy groups -OCH3 is 1. The summed E-state index contributed by atoms with van der Waals surface area (Å²) in [6, 6.07) is 7.85. The first-order valence-corrected chi connectivity index (χ1v) is 8.89. The largest absolute Gasteiger partial charge is 0.497 e. The molecule has 2 saturated carbocycles. The molecule has 1 aromatic carbocycles. The van der Waals surface area contributed by atoms with E-state index in [1.54, 1.807) is 7.11 Å². The molecule has 24 heavy (non-hydrogen) atoms. The summed E-state index contributed by atoms with van der Waals surface area (Å²) in [7, 11) is 1.66. The van der Waals surface area contributed by atoms with Crippen molar-refractivity contribution in [2.45, 2.75) is 37.9 Å². The van der Waals surface area contributed by atoms with Gasteiger partial charge in [-0.3, -0.25) is 4.79 Å². The Morgan fingerprint density at radius 3 is 2.62 bits per heavy atom. The summed E-state index contributed by atoms with van der Waals surface area (Å²) in [5.41, 5.74) is 1.99. The molecule has 2 unspecified atom stereocenters. The summed E-state index contributed by atoms with van der Waals surface area (Å²) < 4.78 is 17.1. The number of hydrogen-bond donors (Lipinski definition) is 0. The van der Waals surface area contributed by atoms with Crippen molar-refractivity contribution in [2.75, 3.05) is 20.3 Å². The van der Waals surface area contributed by atoms with Crippen molar-refractivity contribution < 1.29 is 19.0 Å². The number of allylic oxidation sites excluding steroid dienone is 1. The monoisotopic (exact) mass is 328 g/mol. The molecule has 0 amide bonds. The molecule has 1 saturated heterocycles. The lowest BCUT2D eigenvalue weighted by Gasteiger charge is -2.46. The van der Waals surface area contributed by atoms with Gasteiger partial charge in [0.1, 0.15) is 5.75 Å². The SMILES string of the molecule is COc1ccc(C=C2CCC3C(CCCC34OCCO4)C2=O)cc1. The van der Waals surface area contributed by atoms with E-state index >= 15 is 0 Å². The molecule has 0 aromatic heterocycles. The molecule has 3 aliphatic rings. The van der Waals surface area contributed by atoms with E-state index in [4.69, 9.17) is 14.2 Å². The van der Waals surface area contributed by atoms with Gasteiger partial charge in [0.2, 0.25) is 0 Å². The standard InChI is InChI=1S/C20H24O4/c1-22-16-7-4-14(5-8-16)13-15-6-9-18-17(19(15)21)3-2-10-20(18)23-11-12-24-20/h4-5,7-8,13,17-18H,2-3,6,9-12H2,1H3. The highest BCUT2D eigenvalue weighted by atomic mass is 16.7. The third-order valence-electron chi connectivity index (χ3n) is 5.70. The van der Waals surface area contributed by atoms with Crippen molar-refractivity contribution in [3.8, 4) is 5.75 Å². The van der Waals surface area contributed by atoms with Gasteiger partial charge < -0.3 is 14.2 Å². The van der Waals surface area contributed by atoms with Crippen LogP contribution >= 0.6 is 0 Å². The molecule has 1 aromatic rings. The quantitative estimate of drug-likeness (QED) is 0.778. The minimum Gasteiger partial charge on any atom is -0.497 e. The molecular weight excluding hydrogens is 304 g/mol. The maximum atomic E-state index is 13.0. The second kappa shape index (κ2) is 6.34. The lowest BCUT2D eigenvalue weighted by atomic mass is 9.65. The van der Waals surface area contributed by atoms with Crippen molar-refractivity contribution in [3.05, 3.63) is 35.4 Å². The summed E-state index contributed by atoms with van der Waals surface area (Å²) in [6.07, 6.45) is 6.70. The number of ketones is 1. The van der Waals surface area contributed by atoms with Crippen molar-refractivity contribution in [3.63, 3.8) is 0 Å². The van der Waals surface area contributed by atoms with E-state index in [1.165, 1.54) is 0 Å². The molecule has 4 rings (SSSR count). The van der Waals surface area contributed by atoms with E-state index in [0.717, 1.165) is 49.0 Å². The molecule has 1 heterocycles. The third-order valence-corrected chi connectivity index (χ3v) is 5.70. The average Bonchev–Trinajstić information content (AvgIpc) is 3.08. The van der Waals surface area contributed by atoms with Crippen LogP contribution in [0.3, 0.4) is 0 Å². The van der Waals surface area contributed by atoms with E-state index in [9.17, 15) is 4.79 Å². The molecule has 2 atom stereocenters. The molecule has 1 aliphatic heterocycles. The predicted molar refractivity (Wildman–Crippen MR) is 90.7 cm³/mol. The van der Waals surface area contributed by atoms with Crippen molar-refractivity contribution >= 4 is 11.9 Å². The van der Waals surface area contributed by atoms with Crippen molar-refractivity contribution in [1.82, 2.24) is 0 Å². The molecule has 128 valence electrons. The Balaban J connectivity index is 1.56. The normalized spacial score (nSPS) is 30.5. The van der Waals surface area contributed by atoms with Crippen molar-refractivity contribution in [1.29, 1.82) is 0 Å². The Morgan fingerprint density at radius 1 is 1.17 bits per heavy atom. The van der Waals surface area contributed by atoms with Crippen LogP contribution in [-0.4, -0.2) is 31.9 Å². The van der Waals surface area contributed by atoms with Crippen LogP contribution in [0.2, 0.25) is 0 Å². The van der Waals surface area contributed by atoms with Crippen LogP contribution in [-0.2, 0) is 14.3 Å². The van der Waals surface area contributed by atoms with Gasteiger partial charge in [0.25, 0.3) is 0 Å². The minimum atomic E-state index is -0.482. The summed E-state index contributed by atoms with van der Waals surface area (Å²) in [5.74, 6) is 0.908. The van der Waals surface area contributed by atoms with Crippen molar-refractivity contribution in [2.24, 2.45) is 11.8 Å². The van der Waals surface area contributed by atoms with Gasteiger partial charge in [-0.2, -0.15) is 0 Å². The second-order valence-corrected chi connectivity index (χ2v) is 6.96. The highest BCUT2D eigenvalue weighted by Crippen LogP contribution is 2.49. The molecule has 4 heteroatoms. The van der Waals surface area contributed by atoms with Crippen LogP contribution in [0.25, 0.3) is 6.08 Å². The maximum Gasteiger partial charge on any atom is 0.171 e. The van der Waals surface area contributed by atoms with E-state index in [-0.39, 0.29) is 11.8 Å². The zero-order valence-electron chi connectivity index (χ0n) is 14.1. The molecule has 0 bridgehead atoms. The Kier molecular flexibility index (Phi) is 4.19. The number of Topliss-reactive ketones (excluding diaryl/α,β-unsaturated/α-hetero) is 1. The number of benzene rings is 1. The molecule has 4 nitrogen and oxygen atoms in total. The van der Waals surface area contributed by atoms with E-state index in [1.807, 2.05) is 30.3 Å². The molecule has 1 spiro atoms. The van der Waals surface area contributed by atoms with Crippen LogP contribution < -0.4 is 4.74 Å². The Labute approximate surface area is 142 Å². The smallest absolute Gasteiger partial charge is 0.171 e. The van der Waals surface area contributed by atoms with Gasteiger partial charge in [-0.25, -0.2) is 0 Å². The van der Waals surface area contributed by atoms with Crippen LogP contribution in [0.15, 0.2) is 29.8 Å². The lowest BCUT2D eigenvalue weighted by Crippen LogP contribution is -2.50. The van der Waals surface area contributed by atoms with E-state index < -0.39 is 5.79 Å². The summed E-state index contributed by atoms with van der Waals surface area (Å²) in [6.45, 7) is 1.32. The minimum absolute atomic E-state index is 0.0510. The number of rotatable bonds is 2. The fourth-order valence-corrected chi connectivity index (χ4v) is 4.54. The highest BCUT2D eigenvalue weighted by molar-refractivity contribution is 6.02. The second-order valence-electron chi connectivity index (χ2n) is 6.96. The summed E-state index contributed by atoms with van der Waals surface area (Å²) in [5, 5.41) is 0. The third kappa shape index (κ3) is 2.68. The molecule has 3 fully saturated rings. The van der Waals surface area contributed by atoms with Crippen LogP contribution in [0.1, 0.15) is 37.7 Å². The fourth-order valence-electron chi connectivity index (χ4n) is 4.54. The predicted octanol–water partition coefficient (Wildman–Crippen LogP) is 3.60. The maximum absolute atomic E-state index is 13.0. The topological polar surface area (TPSA) is 44.8 Å². The molecule has 0 radical (unpaired) electrons. The summed E-state index contributed by atoms with van der Waals surface area (Å²) in [4.78, 5) is 13.0. The van der Waals surface area contributed by atoms with Gasteiger partial charge in [0.05, 0.1) is 20.3 Å². The first-order chi connectivity index (χ1) is 11.7. The Bertz CT molecular complexity index is 640. The van der Waals surface area contributed by atoms with Gasteiger partial charge >= 0.3 is 0 Å². The van der Waals surface area contributed by atoms with Crippen LogP contribution in [0.5, 0.6) is 5.75 Å². The number of carbonyl (C=O) groups is 1. The average molecular weight is 328 g/mol. The summed E-state index contributed by atoms with van der Waals surface area (Å²) >= 11 is 0. The number of fused-ring (bicyclic) bond motifs is 2. The lowest BCUT2D eigenvalue weighted by molar-refractivity contribution is -0.227. The molecular formula is C20H24O4. The zero-order chi connectivity index (χ0) is 16.6. The zero-order valence-corrected chi connectivity index (χ0v) is 14.1. The van der Waals surface area contributed by atoms with Gasteiger partial charge in [-0.1, -0.05) is 12.1 Å². The van der Waals surface area contributed by atoms with Gasteiger partial charge in [0.15, 0.2) is 11.6 Å². The van der Waals surface area contributed by atoms with Gasteiger partial charge in [0, 0.05) is 18.3 Å². The molecule has 0 N–H and O–H groups in total. The molecule has 2 aliphatic carbocycles. The van der Waals surface area contributed by atoms with Gasteiger partial charge in [-0.05, 0) is 55.0 Å². The highest BCUT2D eigenvalue weighted by Gasteiger charge is 2.53. The van der Waals surface area contributed by atoms with Gasteiger partial charge in [-0.15, -0.1) is 0 Å². The van der Waals surface area contributed by atoms with E-state index in [2.05, 4.69) is 0 Å². The Hall–Kier alpha value is -1.65. The number of hydrogen-bond acceptors (Lipinski definition) is 4. The van der Waals surface area contributed by atoms with Crippen LogP contribution in [0, 0.1) is 11.8 Å². The number of carbonyl (C=O) groups excluding carboxylic acids is 1. The first kappa shape index (κ1) is 15.9. The Morgan fingerprint density at radius 2 is 1.92 bits per heavy atom. The van der Waals surface area contributed by atoms with E-state index in [0.29, 0.717) is 19.0 Å².